The van der Waals surface area contributed by atoms with Crippen LogP contribution in [0.15, 0.2) is 28.8 Å². The van der Waals surface area contributed by atoms with E-state index in [0.717, 1.165) is 5.56 Å². The first-order chi connectivity index (χ1) is 9.95. The molecule has 21 heavy (non-hydrogen) atoms. The summed E-state index contributed by atoms with van der Waals surface area (Å²) in [5.74, 6) is -0.222. The van der Waals surface area contributed by atoms with Crippen molar-refractivity contribution in [1.29, 1.82) is 0 Å². The number of carbonyl (C=O) groups is 1. The van der Waals surface area contributed by atoms with Crippen LogP contribution in [0.3, 0.4) is 0 Å². The van der Waals surface area contributed by atoms with Gasteiger partial charge in [0.2, 0.25) is 5.91 Å². The van der Waals surface area contributed by atoms with E-state index in [1.54, 1.807) is 19.9 Å². The molecular weight excluding hydrogens is 295 g/mol. The van der Waals surface area contributed by atoms with Crippen molar-refractivity contribution in [2.45, 2.75) is 19.6 Å². The summed E-state index contributed by atoms with van der Waals surface area (Å²) in [4.78, 5) is 11.8. The van der Waals surface area contributed by atoms with Crippen LogP contribution in [0.4, 0.5) is 10.1 Å². The minimum atomic E-state index is -1.38. The van der Waals surface area contributed by atoms with Gasteiger partial charge in [-0.25, -0.2) is 4.39 Å². The SMILES string of the molecule is Cc1noc(C)c1C[S@](=O)CC(=O)Nc1cccc(F)c1. The number of amides is 1. The first kappa shape index (κ1) is 15.4. The average Bonchev–Trinajstić information content (AvgIpc) is 2.70. The second-order valence-electron chi connectivity index (χ2n) is 4.59. The summed E-state index contributed by atoms with van der Waals surface area (Å²) in [7, 11) is -1.38. The molecule has 2 rings (SSSR count). The van der Waals surface area contributed by atoms with E-state index in [1.807, 2.05) is 0 Å². The van der Waals surface area contributed by atoms with Gasteiger partial charge in [0.1, 0.15) is 17.3 Å². The van der Waals surface area contributed by atoms with Gasteiger partial charge in [-0.15, -0.1) is 0 Å². The van der Waals surface area contributed by atoms with Gasteiger partial charge in [-0.2, -0.15) is 0 Å². The first-order valence-corrected chi connectivity index (χ1v) is 7.76. The molecule has 1 aromatic heterocycles. The Labute approximate surface area is 124 Å². The third kappa shape index (κ3) is 4.22. The molecule has 2 aromatic rings. The quantitative estimate of drug-likeness (QED) is 0.920. The third-order valence-electron chi connectivity index (χ3n) is 2.89. The maximum atomic E-state index is 13.0. The number of rotatable bonds is 5. The minimum Gasteiger partial charge on any atom is -0.361 e. The molecule has 0 saturated heterocycles. The van der Waals surface area contributed by atoms with Crippen LogP contribution in [-0.4, -0.2) is 21.0 Å². The number of nitrogens with zero attached hydrogens (tertiary/aromatic N) is 1. The Hall–Kier alpha value is -2.02. The van der Waals surface area contributed by atoms with Crippen molar-refractivity contribution >= 4 is 22.4 Å². The van der Waals surface area contributed by atoms with E-state index in [4.69, 9.17) is 4.52 Å². The van der Waals surface area contributed by atoms with Gasteiger partial charge in [0, 0.05) is 22.1 Å². The lowest BCUT2D eigenvalue weighted by Gasteiger charge is -2.05. The Morgan fingerprint density at radius 2 is 2.19 bits per heavy atom. The van der Waals surface area contributed by atoms with E-state index in [9.17, 15) is 13.4 Å². The van der Waals surface area contributed by atoms with Crippen molar-refractivity contribution in [1.82, 2.24) is 5.16 Å². The van der Waals surface area contributed by atoms with E-state index >= 15 is 0 Å². The summed E-state index contributed by atoms with van der Waals surface area (Å²) in [6.07, 6.45) is 0. The fraction of sp³-hybridized carbons (Fsp3) is 0.286. The summed E-state index contributed by atoms with van der Waals surface area (Å²) < 4.78 is 30.0. The van der Waals surface area contributed by atoms with Crippen molar-refractivity contribution < 1.29 is 17.9 Å². The van der Waals surface area contributed by atoms with Gasteiger partial charge < -0.3 is 9.84 Å². The van der Waals surface area contributed by atoms with E-state index in [2.05, 4.69) is 10.5 Å². The zero-order valence-electron chi connectivity index (χ0n) is 11.7. The number of aromatic nitrogens is 1. The number of nitrogens with one attached hydrogen (secondary N) is 1. The number of hydrogen-bond donors (Lipinski definition) is 1. The summed E-state index contributed by atoms with van der Waals surface area (Å²) in [5.41, 5.74) is 1.77. The fourth-order valence-electron chi connectivity index (χ4n) is 1.83. The molecule has 5 nitrogen and oxygen atoms in total. The third-order valence-corrected chi connectivity index (χ3v) is 4.08. The van der Waals surface area contributed by atoms with Crippen LogP contribution in [0.2, 0.25) is 0 Å². The molecular formula is C14H15FN2O3S. The second kappa shape index (κ2) is 6.62. The first-order valence-electron chi connectivity index (χ1n) is 6.28. The Morgan fingerprint density at radius 3 is 2.81 bits per heavy atom. The largest absolute Gasteiger partial charge is 0.361 e. The Bertz CT molecular complexity index is 665. The number of halogens is 1. The Balaban J connectivity index is 1.92. The highest BCUT2D eigenvalue weighted by molar-refractivity contribution is 7.85. The molecule has 0 spiro atoms. The standard InChI is InChI=1S/C14H15FN2O3S/c1-9-13(10(2)20-17-9)7-21(19)8-14(18)16-12-5-3-4-11(15)6-12/h3-6H,7-8H2,1-2H3,(H,16,18)/t21-/m0/s1. The molecule has 0 bridgehead atoms. The molecule has 1 amide bonds. The maximum Gasteiger partial charge on any atom is 0.237 e. The molecule has 1 N–H and O–H groups in total. The Morgan fingerprint density at radius 1 is 1.43 bits per heavy atom. The predicted octanol–water partition coefficient (Wildman–Crippen LogP) is 2.32. The summed E-state index contributed by atoms with van der Waals surface area (Å²) in [6, 6.07) is 5.55. The molecule has 0 aliphatic rings. The lowest BCUT2D eigenvalue weighted by molar-refractivity contribution is -0.113. The van der Waals surface area contributed by atoms with Crippen LogP contribution >= 0.6 is 0 Å². The predicted molar refractivity (Wildman–Crippen MR) is 77.7 cm³/mol. The summed E-state index contributed by atoms with van der Waals surface area (Å²) in [5, 5.41) is 6.29. The molecule has 0 fully saturated rings. The van der Waals surface area contributed by atoms with E-state index in [1.165, 1.54) is 18.2 Å². The maximum absolute atomic E-state index is 13.0. The van der Waals surface area contributed by atoms with Crippen molar-refractivity contribution in [3.63, 3.8) is 0 Å². The second-order valence-corrected chi connectivity index (χ2v) is 6.05. The molecule has 1 aromatic carbocycles. The molecule has 7 heteroatoms. The normalized spacial score (nSPS) is 12.1. The van der Waals surface area contributed by atoms with Gasteiger partial charge in [-0.05, 0) is 32.0 Å². The minimum absolute atomic E-state index is 0.166. The fourth-order valence-corrected chi connectivity index (χ4v) is 3.03. The molecule has 0 aliphatic heterocycles. The molecule has 0 saturated carbocycles. The lowest BCUT2D eigenvalue weighted by Crippen LogP contribution is -2.20. The molecule has 1 atom stereocenters. The van der Waals surface area contributed by atoms with Crippen LogP contribution in [-0.2, 0) is 21.3 Å². The highest BCUT2D eigenvalue weighted by Crippen LogP contribution is 2.15. The van der Waals surface area contributed by atoms with Gasteiger partial charge >= 0.3 is 0 Å². The number of hydrogen-bond acceptors (Lipinski definition) is 4. The number of carbonyl (C=O) groups excluding carboxylic acids is 1. The monoisotopic (exact) mass is 310 g/mol. The van der Waals surface area contributed by atoms with E-state index in [-0.39, 0.29) is 11.5 Å². The van der Waals surface area contributed by atoms with Crippen molar-refractivity contribution in [2.24, 2.45) is 0 Å². The zero-order chi connectivity index (χ0) is 15.4. The van der Waals surface area contributed by atoms with Gasteiger partial charge in [-0.3, -0.25) is 9.00 Å². The van der Waals surface area contributed by atoms with Crippen LogP contribution in [0.25, 0.3) is 0 Å². The number of aryl methyl sites for hydroxylation is 2. The topological polar surface area (TPSA) is 72.2 Å². The van der Waals surface area contributed by atoms with Gasteiger partial charge in [0.15, 0.2) is 0 Å². The molecule has 1 heterocycles. The summed E-state index contributed by atoms with van der Waals surface area (Å²) in [6.45, 7) is 3.50. The van der Waals surface area contributed by atoms with Crippen LogP contribution in [0.1, 0.15) is 17.0 Å². The zero-order valence-corrected chi connectivity index (χ0v) is 12.5. The lowest BCUT2D eigenvalue weighted by atomic mass is 10.2. The number of anilines is 1. The molecule has 0 unspecified atom stereocenters. The van der Waals surface area contributed by atoms with Gasteiger partial charge in [-0.1, -0.05) is 11.2 Å². The smallest absolute Gasteiger partial charge is 0.237 e. The van der Waals surface area contributed by atoms with Crippen molar-refractivity contribution in [3.8, 4) is 0 Å². The Kier molecular flexibility index (Phi) is 4.85. The highest BCUT2D eigenvalue weighted by Gasteiger charge is 2.15. The van der Waals surface area contributed by atoms with Gasteiger partial charge in [0.05, 0.1) is 11.4 Å². The average molecular weight is 310 g/mol. The van der Waals surface area contributed by atoms with Crippen molar-refractivity contribution in [2.75, 3.05) is 11.1 Å². The number of benzene rings is 1. The molecule has 112 valence electrons. The van der Waals surface area contributed by atoms with E-state index in [0.29, 0.717) is 17.1 Å². The van der Waals surface area contributed by atoms with E-state index < -0.39 is 22.5 Å². The molecule has 0 radical (unpaired) electrons. The molecule has 0 aliphatic carbocycles. The van der Waals surface area contributed by atoms with Crippen LogP contribution < -0.4 is 5.32 Å². The summed E-state index contributed by atoms with van der Waals surface area (Å²) >= 11 is 0. The highest BCUT2D eigenvalue weighted by atomic mass is 32.2. The van der Waals surface area contributed by atoms with Gasteiger partial charge in [0.25, 0.3) is 0 Å². The van der Waals surface area contributed by atoms with Crippen LogP contribution in [0.5, 0.6) is 0 Å². The van der Waals surface area contributed by atoms with Crippen LogP contribution in [0, 0.1) is 19.7 Å². The van der Waals surface area contributed by atoms with Crippen molar-refractivity contribution in [3.05, 3.63) is 47.1 Å².